The van der Waals surface area contributed by atoms with Gasteiger partial charge in [-0.2, -0.15) is 0 Å². The van der Waals surface area contributed by atoms with E-state index in [1.165, 1.54) is 0 Å². The molecule has 2 N–H and O–H groups in total. The minimum absolute atomic E-state index is 0.613. The number of aromatic nitrogens is 1. The molecule has 1 rings (SSSR count). The second-order valence-electron chi connectivity index (χ2n) is 2.75. The predicted octanol–water partition coefficient (Wildman–Crippen LogP) is 1.37. The zero-order chi connectivity index (χ0) is 9.68. The van der Waals surface area contributed by atoms with Gasteiger partial charge in [-0.05, 0) is 25.0 Å². The lowest BCUT2D eigenvalue weighted by molar-refractivity contribution is 1.08. The Morgan fingerprint density at radius 1 is 1.54 bits per heavy atom. The molecule has 0 amide bonds. The highest BCUT2D eigenvalue weighted by molar-refractivity contribution is 5.98. The van der Waals surface area contributed by atoms with Crippen LogP contribution in [0.3, 0.4) is 0 Å². The summed E-state index contributed by atoms with van der Waals surface area (Å²) in [5.74, 6) is 0.613. The van der Waals surface area contributed by atoms with E-state index in [1.54, 1.807) is 6.20 Å². The number of aryl methyl sites for hydroxylation is 1. The van der Waals surface area contributed by atoms with E-state index in [0.29, 0.717) is 5.84 Å². The molecule has 0 aliphatic heterocycles. The van der Waals surface area contributed by atoms with Gasteiger partial charge < -0.3 is 5.73 Å². The second-order valence-corrected chi connectivity index (χ2v) is 2.75. The van der Waals surface area contributed by atoms with Gasteiger partial charge in [0.15, 0.2) is 0 Å². The summed E-state index contributed by atoms with van der Waals surface area (Å²) in [6.45, 7) is 4.77. The topological polar surface area (TPSA) is 51.3 Å². The molecule has 70 valence electrons. The van der Waals surface area contributed by atoms with Crippen LogP contribution in [0.25, 0.3) is 0 Å². The highest BCUT2D eigenvalue weighted by Crippen LogP contribution is 2.06. The van der Waals surface area contributed by atoms with Gasteiger partial charge in [0.1, 0.15) is 5.84 Å². The highest BCUT2D eigenvalue weighted by atomic mass is 14.8. The maximum Gasteiger partial charge on any atom is 0.125 e. The van der Waals surface area contributed by atoms with Gasteiger partial charge in [0.2, 0.25) is 0 Å². The number of hydrogen-bond acceptors (Lipinski definition) is 2. The summed E-state index contributed by atoms with van der Waals surface area (Å²) in [6, 6.07) is 1.91. The van der Waals surface area contributed by atoms with E-state index < -0.39 is 0 Å². The molecule has 0 fully saturated rings. The van der Waals surface area contributed by atoms with Crippen LogP contribution in [0, 0.1) is 0 Å². The minimum atomic E-state index is 0.613. The van der Waals surface area contributed by atoms with Crippen molar-refractivity contribution in [1.82, 2.24) is 4.98 Å². The monoisotopic (exact) mass is 177 g/mol. The van der Waals surface area contributed by atoms with Crippen LogP contribution < -0.4 is 5.73 Å². The fourth-order valence-corrected chi connectivity index (χ4v) is 1.21. The molecule has 0 aliphatic rings. The van der Waals surface area contributed by atoms with Gasteiger partial charge in [-0.1, -0.05) is 6.92 Å². The summed E-state index contributed by atoms with van der Waals surface area (Å²) < 4.78 is 0. The van der Waals surface area contributed by atoms with Gasteiger partial charge in [0.25, 0.3) is 0 Å². The van der Waals surface area contributed by atoms with E-state index >= 15 is 0 Å². The Morgan fingerprint density at radius 3 is 2.92 bits per heavy atom. The van der Waals surface area contributed by atoms with Crippen LogP contribution in [0.2, 0.25) is 0 Å². The van der Waals surface area contributed by atoms with E-state index in [1.807, 2.05) is 19.2 Å². The van der Waals surface area contributed by atoms with Crippen LogP contribution in [-0.2, 0) is 6.42 Å². The average Bonchev–Trinajstić information content (AvgIpc) is 2.18. The molecule has 0 aliphatic carbocycles. The van der Waals surface area contributed by atoms with Crippen LogP contribution in [0.5, 0.6) is 0 Å². The normalized spacial score (nSPS) is 11.7. The van der Waals surface area contributed by atoms with Crippen molar-refractivity contribution in [2.45, 2.75) is 20.3 Å². The van der Waals surface area contributed by atoms with Crippen LogP contribution in [-0.4, -0.2) is 17.4 Å². The van der Waals surface area contributed by atoms with E-state index in [9.17, 15) is 0 Å². The quantitative estimate of drug-likeness (QED) is 0.560. The van der Waals surface area contributed by atoms with Gasteiger partial charge in [-0.3, -0.25) is 9.98 Å². The van der Waals surface area contributed by atoms with Crippen molar-refractivity contribution in [2.75, 3.05) is 6.54 Å². The van der Waals surface area contributed by atoms with Gasteiger partial charge in [-0.25, -0.2) is 0 Å². The van der Waals surface area contributed by atoms with E-state index in [2.05, 4.69) is 16.9 Å². The first-order chi connectivity index (χ1) is 6.29. The van der Waals surface area contributed by atoms with Gasteiger partial charge in [0.05, 0.1) is 0 Å². The summed E-state index contributed by atoms with van der Waals surface area (Å²) in [7, 11) is 0. The van der Waals surface area contributed by atoms with Crippen LogP contribution in [0.15, 0.2) is 23.5 Å². The third-order valence-electron chi connectivity index (χ3n) is 1.89. The maximum atomic E-state index is 5.80. The first-order valence-electron chi connectivity index (χ1n) is 4.52. The number of pyridine rings is 1. The summed E-state index contributed by atoms with van der Waals surface area (Å²) in [5, 5.41) is 0. The molecular weight excluding hydrogens is 162 g/mol. The summed E-state index contributed by atoms with van der Waals surface area (Å²) in [5.41, 5.74) is 7.97. The molecule has 13 heavy (non-hydrogen) atoms. The van der Waals surface area contributed by atoms with E-state index in [4.69, 9.17) is 5.73 Å². The Bertz CT molecular complexity index is 305. The Morgan fingerprint density at radius 2 is 2.31 bits per heavy atom. The molecule has 0 saturated heterocycles. The van der Waals surface area contributed by atoms with Crippen molar-refractivity contribution in [3.8, 4) is 0 Å². The number of nitrogens with zero attached hydrogens (tertiary/aromatic N) is 2. The van der Waals surface area contributed by atoms with Crippen molar-refractivity contribution >= 4 is 5.84 Å². The lowest BCUT2D eigenvalue weighted by atomic mass is 10.1. The fraction of sp³-hybridized carbons (Fsp3) is 0.400. The molecule has 1 heterocycles. The zero-order valence-corrected chi connectivity index (χ0v) is 8.12. The lowest BCUT2D eigenvalue weighted by Crippen LogP contribution is -2.16. The molecule has 0 aromatic carbocycles. The molecule has 1 aromatic rings. The van der Waals surface area contributed by atoms with E-state index in [-0.39, 0.29) is 0 Å². The van der Waals surface area contributed by atoms with Crippen molar-refractivity contribution in [3.63, 3.8) is 0 Å². The fourth-order valence-electron chi connectivity index (χ4n) is 1.21. The largest absolute Gasteiger partial charge is 0.383 e. The first-order valence-corrected chi connectivity index (χ1v) is 4.52. The molecule has 1 aromatic heterocycles. The SMILES string of the molecule is CCN=C(N)c1ccncc1CC. The Balaban J connectivity index is 3.05. The molecule has 0 spiro atoms. The third-order valence-corrected chi connectivity index (χ3v) is 1.89. The number of aliphatic imine (C=N–C) groups is 1. The summed E-state index contributed by atoms with van der Waals surface area (Å²) >= 11 is 0. The molecule has 0 saturated carbocycles. The number of hydrogen-bond donors (Lipinski definition) is 1. The van der Waals surface area contributed by atoms with Crippen molar-refractivity contribution < 1.29 is 0 Å². The number of rotatable bonds is 3. The third kappa shape index (κ3) is 2.28. The van der Waals surface area contributed by atoms with Crippen LogP contribution >= 0.6 is 0 Å². The molecule has 0 atom stereocenters. The molecule has 3 heteroatoms. The predicted molar refractivity (Wildman–Crippen MR) is 54.9 cm³/mol. The van der Waals surface area contributed by atoms with Crippen LogP contribution in [0.1, 0.15) is 25.0 Å². The minimum Gasteiger partial charge on any atom is -0.383 e. The second kappa shape index (κ2) is 4.60. The number of nitrogens with two attached hydrogens (primary N) is 1. The van der Waals surface area contributed by atoms with Crippen molar-refractivity contribution in [1.29, 1.82) is 0 Å². The van der Waals surface area contributed by atoms with Crippen molar-refractivity contribution in [2.24, 2.45) is 10.7 Å². The lowest BCUT2D eigenvalue weighted by Gasteiger charge is -2.05. The molecular formula is C10H15N3. The zero-order valence-electron chi connectivity index (χ0n) is 8.12. The van der Waals surface area contributed by atoms with E-state index in [0.717, 1.165) is 24.1 Å². The maximum absolute atomic E-state index is 5.80. The standard InChI is InChI=1S/C10H15N3/c1-3-8-7-12-6-5-9(8)10(11)13-4-2/h5-7H,3-4H2,1-2H3,(H2,11,13). The molecule has 0 bridgehead atoms. The Hall–Kier alpha value is -1.38. The Labute approximate surface area is 78.7 Å². The molecule has 0 radical (unpaired) electrons. The van der Waals surface area contributed by atoms with Gasteiger partial charge >= 0.3 is 0 Å². The highest BCUT2D eigenvalue weighted by Gasteiger charge is 2.02. The van der Waals surface area contributed by atoms with Crippen LogP contribution in [0.4, 0.5) is 0 Å². The number of amidine groups is 1. The Kier molecular flexibility index (Phi) is 3.43. The van der Waals surface area contributed by atoms with Gasteiger partial charge in [0, 0.05) is 24.5 Å². The molecule has 3 nitrogen and oxygen atoms in total. The van der Waals surface area contributed by atoms with Crippen molar-refractivity contribution in [3.05, 3.63) is 29.6 Å². The van der Waals surface area contributed by atoms with Gasteiger partial charge in [-0.15, -0.1) is 0 Å². The summed E-state index contributed by atoms with van der Waals surface area (Å²) in [6.07, 6.45) is 4.52. The average molecular weight is 177 g/mol. The molecule has 0 unspecified atom stereocenters. The summed E-state index contributed by atoms with van der Waals surface area (Å²) in [4.78, 5) is 8.22. The smallest absolute Gasteiger partial charge is 0.125 e. The first kappa shape index (κ1) is 9.71.